The Bertz CT molecular complexity index is 623. The van der Waals surface area contributed by atoms with Crippen LogP contribution in [0.25, 0.3) is 11.3 Å². The molecule has 0 radical (unpaired) electrons. The van der Waals surface area contributed by atoms with Crippen molar-refractivity contribution in [2.45, 2.75) is 6.42 Å². The molecular weight excluding hydrogens is 242 g/mol. The molecule has 18 heavy (non-hydrogen) atoms. The van der Waals surface area contributed by atoms with Gasteiger partial charge in [0.05, 0.1) is 10.7 Å². The van der Waals surface area contributed by atoms with E-state index in [1.54, 1.807) is 11.3 Å². The first-order chi connectivity index (χ1) is 8.81. The lowest BCUT2D eigenvalue weighted by molar-refractivity contribution is 1.14. The van der Waals surface area contributed by atoms with Crippen molar-refractivity contribution in [3.8, 4) is 11.3 Å². The molecule has 4 heteroatoms. The number of hydrogen-bond acceptors (Lipinski definition) is 3. The molecule has 3 rings (SSSR count). The maximum absolute atomic E-state index is 5.67. The normalized spacial score (nSPS) is 10.7. The number of anilines is 1. The molecule has 1 aromatic carbocycles. The highest BCUT2D eigenvalue weighted by atomic mass is 32.1. The first kappa shape index (κ1) is 11.0. The first-order valence-corrected chi connectivity index (χ1v) is 6.61. The summed E-state index contributed by atoms with van der Waals surface area (Å²) in [5, 5.41) is 3.21. The molecule has 2 aromatic heterocycles. The van der Waals surface area contributed by atoms with Crippen molar-refractivity contribution in [2.75, 3.05) is 5.73 Å². The molecule has 2 heterocycles. The summed E-state index contributed by atoms with van der Waals surface area (Å²) in [5.74, 6) is 0. The first-order valence-electron chi connectivity index (χ1n) is 5.73. The van der Waals surface area contributed by atoms with E-state index in [0.29, 0.717) is 0 Å². The zero-order chi connectivity index (χ0) is 12.4. The fourth-order valence-corrected chi connectivity index (χ4v) is 2.66. The largest absolute Gasteiger partial charge is 0.399 e. The minimum absolute atomic E-state index is 0.797. The Morgan fingerprint density at radius 3 is 2.72 bits per heavy atom. The van der Waals surface area contributed by atoms with Crippen LogP contribution in [0, 0.1) is 0 Å². The predicted molar refractivity (Wildman–Crippen MR) is 75.6 cm³/mol. The molecule has 3 aromatic rings. The highest BCUT2D eigenvalue weighted by molar-refractivity contribution is 7.10. The summed E-state index contributed by atoms with van der Waals surface area (Å²) >= 11 is 1.69. The van der Waals surface area contributed by atoms with Gasteiger partial charge in [-0.3, -0.25) is 0 Å². The second-order valence-corrected chi connectivity index (χ2v) is 5.09. The Hall–Kier alpha value is -2.07. The summed E-state index contributed by atoms with van der Waals surface area (Å²) in [5.41, 5.74) is 9.87. The van der Waals surface area contributed by atoms with E-state index in [2.05, 4.69) is 15.3 Å². The van der Waals surface area contributed by atoms with Crippen LogP contribution in [0.15, 0.2) is 48.1 Å². The minimum atomic E-state index is 0.797. The molecule has 0 aliphatic heterocycles. The Balaban J connectivity index is 1.80. The van der Waals surface area contributed by atoms with Crippen LogP contribution in [0.3, 0.4) is 0 Å². The molecule has 90 valence electrons. The zero-order valence-corrected chi connectivity index (χ0v) is 10.6. The molecule has 0 saturated carbocycles. The number of nitrogen functional groups attached to an aromatic ring is 1. The van der Waals surface area contributed by atoms with Crippen LogP contribution in [0.2, 0.25) is 0 Å². The highest BCUT2D eigenvalue weighted by Gasteiger charge is 2.05. The van der Waals surface area contributed by atoms with Crippen molar-refractivity contribution in [3.05, 3.63) is 58.7 Å². The second-order valence-electron chi connectivity index (χ2n) is 4.14. The monoisotopic (exact) mass is 255 g/mol. The van der Waals surface area contributed by atoms with Gasteiger partial charge in [-0.25, -0.2) is 4.98 Å². The Morgan fingerprint density at radius 1 is 1.17 bits per heavy atom. The molecular formula is C14H13N3S. The molecule has 0 aliphatic carbocycles. The number of nitrogens with two attached hydrogens (primary N) is 1. The fourth-order valence-electron chi connectivity index (χ4n) is 1.82. The van der Waals surface area contributed by atoms with Gasteiger partial charge in [-0.2, -0.15) is 0 Å². The lowest BCUT2D eigenvalue weighted by atomic mass is 10.1. The molecule has 0 bridgehead atoms. The van der Waals surface area contributed by atoms with Crippen LogP contribution in [-0.4, -0.2) is 9.97 Å². The number of aromatic nitrogens is 2. The van der Waals surface area contributed by atoms with Gasteiger partial charge in [0.25, 0.3) is 0 Å². The van der Waals surface area contributed by atoms with Gasteiger partial charge in [-0.05, 0) is 23.8 Å². The van der Waals surface area contributed by atoms with Crippen molar-refractivity contribution in [3.63, 3.8) is 0 Å². The van der Waals surface area contributed by atoms with Crippen LogP contribution >= 0.6 is 11.3 Å². The van der Waals surface area contributed by atoms with Gasteiger partial charge >= 0.3 is 0 Å². The van der Waals surface area contributed by atoms with Gasteiger partial charge < -0.3 is 10.7 Å². The Kier molecular flexibility index (Phi) is 2.86. The molecule has 0 spiro atoms. The number of thiazole rings is 1. The second kappa shape index (κ2) is 4.66. The van der Waals surface area contributed by atoms with Gasteiger partial charge in [0.1, 0.15) is 0 Å². The zero-order valence-electron chi connectivity index (χ0n) is 9.76. The number of H-pyrrole nitrogens is 1. The number of aromatic amines is 1. The molecule has 0 atom stereocenters. The summed E-state index contributed by atoms with van der Waals surface area (Å²) in [6.45, 7) is 0. The maximum atomic E-state index is 5.67. The minimum Gasteiger partial charge on any atom is -0.399 e. The van der Waals surface area contributed by atoms with Crippen molar-refractivity contribution < 1.29 is 0 Å². The molecule has 0 aliphatic rings. The fraction of sp³-hybridized carbons (Fsp3) is 0.0714. The summed E-state index contributed by atoms with van der Waals surface area (Å²) in [7, 11) is 0. The summed E-state index contributed by atoms with van der Waals surface area (Å²) < 4.78 is 0. The van der Waals surface area contributed by atoms with Crippen LogP contribution < -0.4 is 5.73 Å². The van der Waals surface area contributed by atoms with Gasteiger partial charge in [0.15, 0.2) is 0 Å². The third-order valence-electron chi connectivity index (χ3n) is 2.78. The van der Waals surface area contributed by atoms with Gasteiger partial charge in [0, 0.05) is 35.4 Å². The van der Waals surface area contributed by atoms with E-state index in [4.69, 9.17) is 5.73 Å². The number of rotatable bonds is 3. The molecule has 0 fully saturated rings. The number of nitrogens with zero attached hydrogens (tertiary/aromatic N) is 1. The Morgan fingerprint density at radius 2 is 2.00 bits per heavy atom. The molecule has 0 saturated heterocycles. The van der Waals surface area contributed by atoms with E-state index in [9.17, 15) is 0 Å². The third-order valence-corrected chi connectivity index (χ3v) is 3.63. The number of hydrogen-bond donors (Lipinski definition) is 2. The van der Waals surface area contributed by atoms with E-state index in [1.165, 1.54) is 5.56 Å². The van der Waals surface area contributed by atoms with E-state index >= 15 is 0 Å². The molecule has 3 N–H and O–H groups in total. The third kappa shape index (κ3) is 2.28. The molecule has 0 unspecified atom stereocenters. The highest BCUT2D eigenvalue weighted by Crippen LogP contribution is 2.23. The van der Waals surface area contributed by atoms with Crippen LogP contribution in [0.4, 0.5) is 5.69 Å². The molecule has 3 nitrogen and oxygen atoms in total. The standard InChI is InChI=1S/C14H13N3S/c15-12-3-1-10(2-4-12)7-14-17-13(9-18-14)11-5-6-16-8-11/h1-6,8-9,16H,7,15H2. The van der Waals surface area contributed by atoms with Crippen molar-refractivity contribution in [1.29, 1.82) is 0 Å². The van der Waals surface area contributed by atoms with Crippen molar-refractivity contribution in [2.24, 2.45) is 0 Å². The number of benzene rings is 1. The van der Waals surface area contributed by atoms with Crippen molar-refractivity contribution >= 4 is 17.0 Å². The van der Waals surface area contributed by atoms with E-state index in [1.807, 2.05) is 42.7 Å². The van der Waals surface area contributed by atoms with Gasteiger partial charge in [-0.1, -0.05) is 12.1 Å². The maximum Gasteiger partial charge on any atom is 0.0976 e. The van der Waals surface area contributed by atoms with Crippen LogP contribution in [-0.2, 0) is 6.42 Å². The average Bonchev–Trinajstić information content (AvgIpc) is 3.02. The quantitative estimate of drug-likeness (QED) is 0.705. The molecule has 0 amide bonds. The smallest absolute Gasteiger partial charge is 0.0976 e. The summed E-state index contributed by atoms with van der Waals surface area (Å²) in [6.07, 6.45) is 4.73. The van der Waals surface area contributed by atoms with E-state index in [0.717, 1.165) is 28.4 Å². The topological polar surface area (TPSA) is 54.7 Å². The summed E-state index contributed by atoms with van der Waals surface area (Å²) in [4.78, 5) is 7.68. The lowest BCUT2D eigenvalue weighted by Gasteiger charge is -1.98. The lowest BCUT2D eigenvalue weighted by Crippen LogP contribution is -1.89. The van der Waals surface area contributed by atoms with Crippen molar-refractivity contribution in [1.82, 2.24) is 9.97 Å². The van der Waals surface area contributed by atoms with E-state index in [-0.39, 0.29) is 0 Å². The average molecular weight is 255 g/mol. The van der Waals surface area contributed by atoms with Crippen LogP contribution in [0.1, 0.15) is 10.6 Å². The summed E-state index contributed by atoms with van der Waals surface area (Å²) in [6, 6.07) is 9.98. The SMILES string of the molecule is Nc1ccc(Cc2nc(-c3cc[nH]c3)cs2)cc1. The van der Waals surface area contributed by atoms with Gasteiger partial charge in [0.2, 0.25) is 0 Å². The van der Waals surface area contributed by atoms with Crippen LogP contribution in [0.5, 0.6) is 0 Å². The predicted octanol–water partition coefficient (Wildman–Crippen LogP) is 3.31. The van der Waals surface area contributed by atoms with Gasteiger partial charge in [-0.15, -0.1) is 11.3 Å². The number of nitrogens with one attached hydrogen (secondary N) is 1. The Labute approximate surface area is 109 Å². The van der Waals surface area contributed by atoms with E-state index < -0.39 is 0 Å².